The summed E-state index contributed by atoms with van der Waals surface area (Å²) in [6.45, 7) is 2.41. The molecule has 0 saturated heterocycles. The molecule has 1 aromatic carbocycles. The Morgan fingerprint density at radius 1 is 1.24 bits per heavy atom. The number of aliphatic hydroxyl groups excluding tert-OH is 1. The molecule has 21 heavy (non-hydrogen) atoms. The maximum Gasteiger partial charge on any atom is 0.313 e. The number of nitrogens with one attached hydrogen (secondary N) is 2. The molecular weight excluding hydrogens is 276 g/mol. The van der Waals surface area contributed by atoms with Crippen LogP contribution in [0, 0.1) is 6.92 Å². The molecule has 0 bridgehead atoms. The van der Waals surface area contributed by atoms with E-state index in [1.165, 1.54) is 7.11 Å². The van der Waals surface area contributed by atoms with Crippen LogP contribution < -0.4 is 15.4 Å². The molecule has 0 radical (unpaired) electrons. The van der Waals surface area contributed by atoms with Crippen molar-refractivity contribution in [2.24, 2.45) is 0 Å². The first-order chi connectivity index (χ1) is 10.1. The zero-order valence-electron chi connectivity index (χ0n) is 12.1. The van der Waals surface area contributed by atoms with Crippen molar-refractivity contribution in [2.75, 3.05) is 38.8 Å². The van der Waals surface area contributed by atoms with Crippen LogP contribution in [-0.4, -0.2) is 50.4 Å². The van der Waals surface area contributed by atoms with Crippen molar-refractivity contribution in [1.29, 1.82) is 0 Å². The highest BCUT2D eigenvalue weighted by molar-refractivity contribution is 6.39. The van der Waals surface area contributed by atoms with Gasteiger partial charge in [0.05, 0.1) is 32.6 Å². The second kappa shape index (κ2) is 8.93. The van der Waals surface area contributed by atoms with Gasteiger partial charge in [-0.1, -0.05) is 6.07 Å². The topological polar surface area (TPSA) is 96.9 Å². The summed E-state index contributed by atoms with van der Waals surface area (Å²) < 4.78 is 10.1. The van der Waals surface area contributed by atoms with Crippen molar-refractivity contribution in [3.8, 4) is 5.75 Å². The number of rotatable bonds is 7. The van der Waals surface area contributed by atoms with Crippen LogP contribution in [0.3, 0.4) is 0 Å². The molecular formula is C14H20N2O5. The van der Waals surface area contributed by atoms with E-state index in [0.29, 0.717) is 11.4 Å². The van der Waals surface area contributed by atoms with Gasteiger partial charge in [-0.2, -0.15) is 0 Å². The number of carbonyl (C=O) groups excluding carboxylic acids is 2. The lowest BCUT2D eigenvalue weighted by Crippen LogP contribution is -2.37. The van der Waals surface area contributed by atoms with Gasteiger partial charge in [-0.3, -0.25) is 9.59 Å². The number of carbonyl (C=O) groups is 2. The first-order valence-electron chi connectivity index (χ1n) is 6.51. The summed E-state index contributed by atoms with van der Waals surface area (Å²) in [5.41, 5.74) is 1.37. The highest BCUT2D eigenvalue weighted by atomic mass is 16.5. The second-order valence-electron chi connectivity index (χ2n) is 4.25. The summed E-state index contributed by atoms with van der Waals surface area (Å²) in [4.78, 5) is 23.3. The molecule has 0 spiro atoms. The highest BCUT2D eigenvalue weighted by Gasteiger charge is 2.15. The Hall–Kier alpha value is -2.12. The van der Waals surface area contributed by atoms with Crippen LogP contribution in [-0.2, 0) is 14.3 Å². The SMILES string of the molecule is COc1ccc(C)cc1NC(=O)C(=O)NCCOCCO. The van der Waals surface area contributed by atoms with Crippen LogP contribution >= 0.6 is 0 Å². The molecule has 0 atom stereocenters. The Balaban J connectivity index is 2.49. The molecule has 116 valence electrons. The fourth-order valence-corrected chi connectivity index (χ4v) is 1.58. The molecule has 7 nitrogen and oxygen atoms in total. The summed E-state index contributed by atoms with van der Waals surface area (Å²) in [5.74, 6) is -1.06. The zero-order chi connectivity index (χ0) is 15.7. The van der Waals surface area contributed by atoms with Crippen LogP contribution in [0.2, 0.25) is 0 Å². The molecule has 0 saturated carbocycles. The molecule has 0 aliphatic rings. The minimum Gasteiger partial charge on any atom is -0.495 e. The fraction of sp³-hybridized carbons (Fsp3) is 0.429. The lowest BCUT2D eigenvalue weighted by molar-refractivity contribution is -0.136. The molecule has 7 heteroatoms. The van der Waals surface area contributed by atoms with Crippen molar-refractivity contribution in [3.05, 3.63) is 23.8 Å². The van der Waals surface area contributed by atoms with E-state index in [2.05, 4.69) is 10.6 Å². The highest BCUT2D eigenvalue weighted by Crippen LogP contribution is 2.24. The second-order valence-corrected chi connectivity index (χ2v) is 4.25. The molecule has 3 N–H and O–H groups in total. The van der Waals surface area contributed by atoms with E-state index in [1.807, 2.05) is 13.0 Å². The Morgan fingerprint density at radius 3 is 2.67 bits per heavy atom. The van der Waals surface area contributed by atoms with Gasteiger partial charge in [0.1, 0.15) is 5.75 Å². The van der Waals surface area contributed by atoms with Gasteiger partial charge in [-0.05, 0) is 24.6 Å². The Morgan fingerprint density at radius 2 is 2.00 bits per heavy atom. The van der Waals surface area contributed by atoms with Gasteiger partial charge >= 0.3 is 11.8 Å². The van der Waals surface area contributed by atoms with Gasteiger partial charge in [0.2, 0.25) is 0 Å². The predicted molar refractivity (Wildman–Crippen MR) is 77.3 cm³/mol. The molecule has 1 rings (SSSR count). The van der Waals surface area contributed by atoms with Crippen molar-refractivity contribution in [2.45, 2.75) is 6.92 Å². The summed E-state index contributed by atoms with van der Waals surface area (Å²) >= 11 is 0. The van der Waals surface area contributed by atoms with Gasteiger partial charge in [0, 0.05) is 6.54 Å². The van der Waals surface area contributed by atoms with Crippen LogP contribution in [0.15, 0.2) is 18.2 Å². The summed E-state index contributed by atoms with van der Waals surface area (Å²) in [7, 11) is 1.49. The Bertz CT molecular complexity index is 490. The van der Waals surface area contributed by atoms with Crippen LogP contribution in [0.25, 0.3) is 0 Å². The Labute approximate surface area is 123 Å². The molecule has 0 heterocycles. The fourth-order valence-electron chi connectivity index (χ4n) is 1.58. The number of hydrogen-bond donors (Lipinski definition) is 3. The van der Waals surface area contributed by atoms with Gasteiger partial charge in [0.15, 0.2) is 0 Å². The summed E-state index contributed by atoms with van der Waals surface area (Å²) in [6, 6.07) is 5.27. The van der Waals surface area contributed by atoms with Crippen molar-refractivity contribution in [1.82, 2.24) is 5.32 Å². The molecule has 1 aromatic rings. The van der Waals surface area contributed by atoms with Gasteiger partial charge in [-0.15, -0.1) is 0 Å². The first-order valence-corrected chi connectivity index (χ1v) is 6.51. The number of aliphatic hydroxyl groups is 1. The third kappa shape index (κ3) is 5.80. The average molecular weight is 296 g/mol. The van der Waals surface area contributed by atoms with Gasteiger partial charge in [-0.25, -0.2) is 0 Å². The quantitative estimate of drug-likeness (QED) is 0.488. The monoisotopic (exact) mass is 296 g/mol. The largest absolute Gasteiger partial charge is 0.495 e. The number of anilines is 1. The molecule has 2 amide bonds. The molecule has 0 fully saturated rings. The standard InChI is InChI=1S/C14H20N2O5/c1-10-3-4-12(20-2)11(9-10)16-14(19)13(18)15-5-7-21-8-6-17/h3-4,9,17H,5-8H2,1-2H3,(H,15,18)(H,16,19). The third-order valence-corrected chi connectivity index (χ3v) is 2.58. The number of amides is 2. The number of benzene rings is 1. The van der Waals surface area contributed by atoms with Gasteiger partial charge < -0.3 is 25.2 Å². The van der Waals surface area contributed by atoms with E-state index in [4.69, 9.17) is 14.6 Å². The molecule has 0 aliphatic carbocycles. The normalized spacial score (nSPS) is 10.0. The average Bonchev–Trinajstić information content (AvgIpc) is 2.47. The lowest BCUT2D eigenvalue weighted by Gasteiger charge is -2.11. The predicted octanol–water partition coefficient (Wildman–Crippen LogP) is 0.0672. The molecule has 0 aromatic heterocycles. The molecule has 0 aliphatic heterocycles. The smallest absolute Gasteiger partial charge is 0.313 e. The number of ether oxygens (including phenoxy) is 2. The van der Waals surface area contributed by atoms with E-state index >= 15 is 0 Å². The Kier molecular flexibility index (Phi) is 7.20. The minimum absolute atomic E-state index is 0.0818. The van der Waals surface area contributed by atoms with Crippen molar-refractivity contribution < 1.29 is 24.2 Å². The number of aryl methyl sites for hydroxylation is 1. The van der Waals surface area contributed by atoms with E-state index in [-0.39, 0.29) is 26.4 Å². The van der Waals surface area contributed by atoms with E-state index in [0.717, 1.165) is 5.56 Å². The summed E-state index contributed by atoms with van der Waals surface area (Å²) in [5, 5.41) is 13.4. The van der Waals surface area contributed by atoms with Crippen LogP contribution in [0.4, 0.5) is 5.69 Å². The summed E-state index contributed by atoms with van der Waals surface area (Å²) in [6.07, 6.45) is 0. The van der Waals surface area contributed by atoms with Crippen molar-refractivity contribution in [3.63, 3.8) is 0 Å². The lowest BCUT2D eigenvalue weighted by atomic mass is 10.2. The zero-order valence-corrected chi connectivity index (χ0v) is 12.1. The van der Waals surface area contributed by atoms with Crippen LogP contribution in [0.1, 0.15) is 5.56 Å². The maximum absolute atomic E-state index is 11.8. The van der Waals surface area contributed by atoms with E-state index in [1.54, 1.807) is 12.1 Å². The third-order valence-electron chi connectivity index (χ3n) is 2.58. The van der Waals surface area contributed by atoms with Gasteiger partial charge in [0.25, 0.3) is 0 Å². The minimum atomic E-state index is -0.777. The maximum atomic E-state index is 11.8. The first kappa shape index (κ1) is 16.9. The van der Waals surface area contributed by atoms with Crippen molar-refractivity contribution >= 4 is 17.5 Å². The number of methoxy groups -OCH3 is 1. The van der Waals surface area contributed by atoms with Crippen LogP contribution in [0.5, 0.6) is 5.75 Å². The van der Waals surface area contributed by atoms with E-state index in [9.17, 15) is 9.59 Å². The van der Waals surface area contributed by atoms with E-state index < -0.39 is 11.8 Å². The molecule has 0 unspecified atom stereocenters. The number of hydrogen-bond acceptors (Lipinski definition) is 5.